The number of hydrogen-bond donors (Lipinski definition) is 2. The second-order valence-electron chi connectivity index (χ2n) is 5.40. The summed E-state index contributed by atoms with van der Waals surface area (Å²) in [5.41, 5.74) is 1.69. The van der Waals surface area contributed by atoms with Crippen molar-refractivity contribution in [2.24, 2.45) is 0 Å². The van der Waals surface area contributed by atoms with E-state index in [4.69, 9.17) is 16.3 Å². The maximum absolute atomic E-state index is 12.2. The first-order valence-corrected chi connectivity index (χ1v) is 8.58. The molecule has 0 saturated carbocycles. The predicted octanol–water partition coefficient (Wildman–Crippen LogP) is 3.65. The van der Waals surface area contributed by atoms with E-state index in [1.807, 2.05) is 6.07 Å². The van der Waals surface area contributed by atoms with Crippen LogP contribution in [0, 0.1) is 11.3 Å². The molecular formula is C20H18ClN3O3. The van der Waals surface area contributed by atoms with Crippen LogP contribution in [0.2, 0.25) is 5.02 Å². The van der Waals surface area contributed by atoms with Gasteiger partial charge in [-0.3, -0.25) is 4.79 Å². The molecule has 0 atom stereocenters. The van der Waals surface area contributed by atoms with Gasteiger partial charge in [0.05, 0.1) is 22.9 Å². The third-order valence-electron chi connectivity index (χ3n) is 3.50. The molecule has 0 saturated heterocycles. The number of carbonyl (C=O) groups is 2. The molecule has 0 spiro atoms. The molecule has 27 heavy (non-hydrogen) atoms. The third-order valence-corrected chi connectivity index (χ3v) is 3.83. The van der Waals surface area contributed by atoms with Crippen LogP contribution in [-0.2, 0) is 16.1 Å². The van der Waals surface area contributed by atoms with Gasteiger partial charge in [0.25, 0.3) is 5.91 Å². The lowest BCUT2D eigenvalue weighted by molar-refractivity contribution is -0.112. The molecule has 0 unspecified atom stereocenters. The fraction of sp³-hybridized carbons (Fsp3) is 0.150. The molecule has 6 nitrogen and oxygen atoms in total. The summed E-state index contributed by atoms with van der Waals surface area (Å²) < 4.78 is 4.92. The Balaban J connectivity index is 1.95. The van der Waals surface area contributed by atoms with Crippen LogP contribution >= 0.6 is 11.6 Å². The summed E-state index contributed by atoms with van der Waals surface area (Å²) in [5.74, 6) is -0.935. The number of hydrogen-bond acceptors (Lipinski definition) is 5. The fourth-order valence-corrected chi connectivity index (χ4v) is 2.33. The van der Waals surface area contributed by atoms with Crippen LogP contribution in [0.4, 0.5) is 5.69 Å². The highest BCUT2D eigenvalue weighted by molar-refractivity contribution is 6.33. The largest absolute Gasteiger partial charge is 0.462 e. The van der Waals surface area contributed by atoms with Gasteiger partial charge in [-0.1, -0.05) is 35.9 Å². The molecule has 0 fully saturated rings. The predicted molar refractivity (Wildman–Crippen MR) is 103 cm³/mol. The standard InChI is InChI=1S/C20H18ClN3O3/c1-2-27-20(26)15-9-7-14(8-10-15)12-23-13-16(11-22)19(25)24-18-6-4-3-5-17(18)21/h3-10,13,23H,2,12H2,1H3,(H,24,25)/b16-13-. The average molecular weight is 384 g/mol. The lowest BCUT2D eigenvalue weighted by Crippen LogP contribution is -2.16. The number of esters is 1. The van der Waals surface area contributed by atoms with Crippen molar-refractivity contribution in [1.29, 1.82) is 5.26 Å². The number of carbonyl (C=O) groups excluding carboxylic acids is 2. The van der Waals surface area contributed by atoms with Gasteiger partial charge in [-0.25, -0.2) is 4.79 Å². The summed E-state index contributed by atoms with van der Waals surface area (Å²) in [4.78, 5) is 23.8. The van der Waals surface area contributed by atoms with E-state index in [0.717, 1.165) is 5.56 Å². The van der Waals surface area contributed by atoms with Gasteiger partial charge in [-0.2, -0.15) is 5.26 Å². The highest BCUT2D eigenvalue weighted by Gasteiger charge is 2.11. The maximum atomic E-state index is 12.2. The van der Waals surface area contributed by atoms with Crippen LogP contribution in [-0.4, -0.2) is 18.5 Å². The molecule has 138 valence electrons. The molecule has 7 heteroatoms. The number of rotatable bonds is 7. The number of nitrogens with zero attached hydrogens (tertiary/aromatic N) is 1. The van der Waals surface area contributed by atoms with Crippen molar-refractivity contribution in [2.75, 3.05) is 11.9 Å². The number of benzene rings is 2. The molecule has 2 aromatic carbocycles. The molecular weight excluding hydrogens is 366 g/mol. The molecule has 1 amide bonds. The summed E-state index contributed by atoms with van der Waals surface area (Å²) >= 11 is 5.99. The summed E-state index contributed by atoms with van der Waals surface area (Å²) in [5, 5.41) is 15.1. The second kappa shape index (κ2) is 10.00. The molecule has 0 aromatic heterocycles. The van der Waals surface area contributed by atoms with Gasteiger partial charge < -0.3 is 15.4 Å². The number of para-hydroxylation sites is 1. The molecule has 2 aromatic rings. The van der Waals surface area contributed by atoms with Crippen molar-refractivity contribution in [2.45, 2.75) is 13.5 Å². The quantitative estimate of drug-likeness (QED) is 0.432. The zero-order valence-electron chi connectivity index (χ0n) is 14.7. The van der Waals surface area contributed by atoms with Crippen LogP contribution in [0.15, 0.2) is 60.3 Å². The van der Waals surface area contributed by atoms with E-state index < -0.39 is 5.91 Å². The first-order valence-electron chi connectivity index (χ1n) is 8.20. The lowest BCUT2D eigenvalue weighted by atomic mass is 10.1. The van der Waals surface area contributed by atoms with Crippen molar-refractivity contribution in [3.05, 3.63) is 76.5 Å². The van der Waals surface area contributed by atoms with E-state index in [-0.39, 0.29) is 11.5 Å². The van der Waals surface area contributed by atoms with Gasteiger partial charge in [0, 0.05) is 12.7 Å². The second-order valence-corrected chi connectivity index (χ2v) is 5.81. The summed E-state index contributed by atoms with van der Waals surface area (Å²) in [6.45, 7) is 2.45. The van der Waals surface area contributed by atoms with Crippen molar-refractivity contribution >= 4 is 29.2 Å². The topological polar surface area (TPSA) is 91.2 Å². The van der Waals surface area contributed by atoms with E-state index in [2.05, 4.69) is 10.6 Å². The molecule has 2 N–H and O–H groups in total. The monoisotopic (exact) mass is 383 g/mol. The van der Waals surface area contributed by atoms with Crippen LogP contribution in [0.25, 0.3) is 0 Å². The molecule has 0 radical (unpaired) electrons. The van der Waals surface area contributed by atoms with E-state index >= 15 is 0 Å². The SMILES string of the molecule is CCOC(=O)c1ccc(CN/C=C(/C#N)C(=O)Nc2ccccc2Cl)cc1. The Morgan fingerprint density at radius 2 is 1.89 bits per heavy atom. The number of nitriles is 1. The average Bonchev–Trinajstić information content (AvgIpc) is 2.67. The molecule has 2 rings (SSSR count). The van der Waals surface area contributed by atoms with Crippen molar-refractivity contribution in [1.82, 2.24) is 5.32 Å². The number of amides is 1. The van der Waals surface area contributed by atoms with Gasteiger partial charge in [-0.05, 0) is 36.8 Å². The summed E-state index contributed by atoms with van der Waals surface area (Å²) in [6.07, 6.45) is 1.34. The van der Waals surface area contributed by atoms with Crippen LogP contribution < -0.4 is 10.6 Å². The smallest absolute Gasteiger partial charge is 0.338 e. The minimum Gasteiger partial charge on any atom is -0.462 e. The minimum absolute atomic E-state index is 0.0851. The summed E-state index contributed by atoms with van der Waals surface area (Å²) in [6, 6.07) is 15.5. The van der Waals surface area contributed by atoms with Gasteiger partial charge >= 0.3 is 5.97 Å². The molecule has 0 heterocycles. The van der Waals surface area contributed by atoms with Gasteiger partial charge in [0.1, 0.15) is 11.6 Å². The van der Waals surface area contributed by atoms with E-state index in [9.17, 15) is 14.9 Å². The number of halogens is 1. The maximum Gasteiger partial charge on any atom is 0.338 e. The van der Waals surface area contributed by atoms with Crippen molar-refractivity contribution in [3.63, 3.8) is 0 Å². The zero-order chi connectivity index (χ0) is 19.6. The Morgan fingerprint density at radius 1 is 1.19 bits per heavy atom. The van der Waals surface area contributed by atoms with Crippen molar-refractivity contribution < 1.29 is 14.3 Å². The van der Waals surface area contributed by atoms with Crippen molar-refractivity contribution in [3.8, 4) is 6.07 Å². The fourth-order valence-electron chi connectivity index (χ4n) is 2.14. The molecule has 0 bridgehead atoms. The van der Waals surface area contributed by atoms with Gasteiger partial charge in [-0.15, -0.1) is 0 Å². The first kappa shape index (κ1) is 20.0. The van der Waals surface area contributed by atoms with Gasteiger partial charge in [0.15, 0.2) is 0 Å². The highest BCUT2D eigenvalue weighted by atomic mass is 35.5. The van der Waals surface area contributed by atoms with Crippen LogP contribution in [0.5, 0.6) is 0 Å². The Hall–Kier alpha value is -3.30. The molecule has 0 aliphatic carbocycles. The highest BCUT2D eigenvalue weighted by Crippen LogP contribution is 2.20. The van der Waals surface area contributed by atoms with E-state index in [1.54, 1.807) is 55.5 Å². The minimum atomic E-state index is -0.559. The Bertz CT molecular complexity index is 886. The van der Waals surface area contributed by atoms with E-state index in [1.165, 1.54) is 6.20 Å². The Kier molecular flexibility index (Phi) is 7.41. The normalized spacial score (nSPS) is 10.6. The third kappa shape index (κ3) is 5.87. The van der Waals surface area contributed by atoms with Gasteiger partial charge in [0.2, 0.25) is 0 Å². The zero-order valence-corrected chi connectivity index (χ0v) is 15.4. The molecule has 0 aliphatic rings. The molecule has 0 aliphatic heterocycles. The Morgan fingerprint density at radius 3 is 2.52 bits per heavy atom. The lowest BCUT2D eigenvalue weighted by Gasteiger charge is -2.07. The number of anilines is 1. The van der Waals surface area contributed by atoms with E-state index in [0.29, 0.717) is 29.4 Å². The van der Waals surface area contributed by atoms with Crippen LogP contribution in [0.1, 0.15) is 22.8 Å². The van der Waals surface area contributed by atoms with Crippen LogP contribution in [0.3, 0.4) is 0 Å². The summed E-state index contributed by atoms with van der Waals surface area (Å²) in [7, 11) is 0. The first-order chi connectivity index (χ1) is 13.0. The Labute approximate surface area is 162 Å². The number of ether oxygens (including phenoxy) is 1. The number of nitrogens with one attached hydrogen (secondary N) is 2.